The first kappa shape index (κ1) is 21.5. The third-order valence-corrected chi connectivity index (χ3v) is 7.18. The van der Waals surface area contributed by atoms with E-state index >= 15 is 0 Å². The van der Waals surface area contributed by atoms with E-state index in [1.165, 1.54) is 11.1 Å². The van der Waals surface area contributed by atoms with Crippen LogP contribution in [-0.4, -0.2) is 53.2 Å². The maximum absolute atomic E-state index is 12.8. The number of alkyl carbamates (subject to hydrolysis) is 1. The maximum Gasteiger partial charge on any atom is 0.407 e. The van der Waals surface area contributed by atoms with E-state index in [9.17, 15) is 19.5 Å². The first-order chi connectivity index (χ1) is 16.0. The van der Waals surface area contributed by atoms with Crippen molar-refractivity contribution < 1.29 is 24.2 Å². The van der Waals surface area contributed by atoms with E-state index in [2.05, 4.69) is 29.6 Å². The number of fused-ring (bicyclic) bond motifs is 3. The summed E-state index contributed by atoms with van der Waals surface area (Å²) < 4.78 is 5.64. The van der Waals surface area contributed by atoms with Gasteiger partial charge in [-0.15, -0.1) is 0 Å². The van der Waals surface area contributed by atoms with Crippen LogP contribution in [0.2, 0.25) is 0 Å². The second kappa shape index (κ2) is 8.54. The van der Waals surface area contributed by atoms with Crippen molar-refractivity contribution in [1.29, 1.82) is 0 Å². The van der Waals surface area contributed by atoms with Gasteiger partial charge in [-0.3, -0.25) is 9.59 Å². The zero-order valence-corrected chi connectivity index (χ0v) is 18.5. The number of carboxylic acid groups (broad SMARTS) is 1. The second-order valence-corrected chi connectivity index (χ2v) is 9.42. The van der Waals surface area contributed by atoms with Gasteiger partial charge in [0, 0.05) is 19.0 Å². The molecule has 0 aromatic heterocycles. The Kier molecular flexibility index (Phi) is 5.56. The van der Waals surface area contributed by atoms with Gasteiger partial charge < -0.3 is 20.1 Å². The summed E-state index contributed by atoms with van der Waals surface area (Å²) in [5, 5.41) is 12.2. The molecule has 1 heterocycles. The van der Waals surface area contributed by atoms with Crippen molar-refractivity contribution in [2.75, 3.05) is 19.7 Å². The topological polar surface area (TPSA) is 95.9 Å². The number of ether oxygens (including phenoxy) is 1. The van der Waals surface area contributed by atoms with E-state index in [1.54, 1.807) is 4.90 Å². The molecule has 1 aliphatic heterocycles. The van der Waals surface area contributed by atoms with Gasteiger partial charge in [-0.2, -0.15) is 0 Å². The predicted molar refractivity (Wildman–Crippen MR) is 122 cm³/mol. The van der Waals surface area contributed by atoms with E-state index in [0.29, 0.717) is 19.4 Å². The molecular formula is C26H28N2O5. The van der Waals surface area contributed by atoms with Crippen LogP contribution >= 0.6 is 0 Å². The molecule has 2 aromatic carbocycles. The van der Waals surface area contributed by atoms with Crippen molar-refractivity contribution in [1.82, 2.24) is 10.2 Å². The molecule has 0 spiro atoms. The lowest BCUT2D eigenvalue weighted by Gasteiger charge is -2.32. The highest BCUT2D eigenvalue weighted by Crippen LogP contribution is 2.45. The van der Waals surface area contributed by atoms with E-state index < -0.39 is 23.5 Å². The molecule has 7 heteroatoms. The standard InChI is InChI=1S/C26H28N2O5/c29-23(28-13-5-6-17(15-28)24(30)31)14-26(11-12-26)27-25(32)33-16-22-20-9-3-1-7-18(20)19-8-2-4-10-21(19)22/h1-4,7-10,17,22H,5-6,11-16H2,(H,27,32)(H,30,31). The van der Waals surface area contributed by atoms with Gasteiger partial charge in [0.05, 0.1) is 17.9 Å². The van der Waals surface area contributed by atoms with Crippen LogP contribution in [0.1, 0.15) is 49.1 Å². The van der Waals surface area contributed by atoms with Crippen LogP contribution in [0.4, 0.5) is 4.79 Å². The van der Waals surface area contributed by atoms with E-state index in [0.717, 1.165) is 24.0 Å². The number of likely N-dealkylation sites (tertiary alicyclic amines) is 1. The number of carbonyl (C=O) groups excluding carboxylic acids is 2. The number of nitrogens with one attached hydrogen (secondary N) is 1. The Morgan fingerprint density at radius 1 is 1.03 bits per heavy atom. The first-order valence-electron chi connectivity index (χ1n) is 11.6. The number of benzene rings is 2. The molecule has 1 atom stereocenters. The molecule has 0 bridgehead atoms. The number of nitrogens with zero attached hydrogens (tertiary/aromatic N) is 1. The SMILES string of the molecule is O=C(NC1(CC(=O)N2CCCC(C(=O)O)C2)CC1)OCC1c2ccccc2-c2ccccc21. The van der Waals surface area contributed by atoms with Crippen LogP contribution < -0.4 is 5.32 Å². The zero-order valence-electron chi connectivity index (χ0n) is 18.5. The van der Waals surface area contributed by atoms with Gasteiger partial charge in [-0.25, -0.2) is 4.79 Å². The molecule has 5 rings (SSSR count). The molecule has 3 aliphatic rings. The van der Waals surface area contributed by atoms with Crippen LogP contribution in [0.15, 0.2) is 48.5 Å². The Bertz CT molecular complexity index is 1050. The number of amides is 2. The Morgan fingerprint density at radius 2 is 1.67 bits per heavy atom. The first-order valence-corrected chi connectivity index (χ1v) is 11.6. The molecule has 1 saturated carbocycles. The summed E-state index contributed by atoms with van der Waals surface area (Å²) in [6.07, 6.45) is 2.41. The molecule has 2 aliphatic carbocycles. The minimum absolute atomic E-state index is 0.0127. The number of hydrogen-bond acceptors (Lipinski definition) is 4. The summed E-state index contributed by atoms with van der Waals surface area (Å²) in [6, 6.07) is 16.4. The zero-order chi connectivity index (χ0) is 23.0. The number of aliphatic carboxylic acids is 1. The summed E-state index contributed by atoms with van der Waals surface area (Å²) in [5.74, 6) is -1.48. The Labute approximate surface area is 192 Å². The Morgan fingerprint density at radius 3 is 2.27 bits per heavy atom. The number of rotatable bonds is 6. The molecule has 2 aromatic rings. The molecule has 33 heavy (non-hydrogen) atoms. The van der Waals surface area contributed by atoms with Gasteiger partial charge in [0.1, 0.15) is 6.61 Å². The average molecular weight is 449 g/mol. The van der Waals surface area contributed by atoms with Gasteiger partial charge in [0.2, 0.25) is 5.91 Å². The second-order valence-electron chi connectivity index (χ2n) is 9.42. The van der Waals surface area contributed by atoms with E-state index in [-0.39, 0.29) is 31.4 Å². The molecule has 172 valence electrons. The molecule has 7 nitrogen and oxygen atoms in total. The van der Waals surface area contributed by atoms with Crippen molar-refractivity contribution >= 4 is 18.0 Å². The third kappa shape index (κ3) is 4.32. The highest BCUT2D eigenvalue weighted by Gasteiger charge is 2.47. The fourth-order valence-electron chi connectivity index (χ4n) is 5.15. The van der Waals surface area contributed by atoms with Crippen LogP contribution in [-0.2, 0) is 14.3 Å². The summed E-state index contributed by atoms with van der Waals surface area (Å²) in [6.45, 7) is 1.05. The molecular weight excluding hydrogens is 420 g/mol. The minimum atomic E-state index is -0.856. The number of carboxylic acids is 1. The van der Waals surface area contributed by atoms with Crippen LogP contribution in [0.5, 0.6) is 0 Å². The fraction of sp³-hybridized carbons (Fsp3) is 0.423. The van der Waals surface area contributed by atoms with E-state index in [4.69, 9.17) is 4.74 Å². The van der Waals surface area contributed by atoms with Gasteiger partial charge in [0.25, 0.3) is 0 Å². The predicted octanol–water partition coefficient (Wildman–Crippen LogP) is 3.77. The molecule has 2 fully saturated rings. The number of carbonyl (C=O) groups is 3. The van der Waals surface area contributed by atoms with Crippen LogP contribution in [0.25, 0.3) is 11.1 Å². The minimum Gasteiger partial charge on any atom is -0.481 e. The number of hydrogen-bond donors (Lipinski definition) is 2. The van der Waals surface area contributed by atoms with Crippen molar-refractivity contribution in [2.45, 2.75) is 43.6 Å². The highest BCUT2D eigenvalue weighted by molar-refractivity contribution is 5.81. The fourth-order valence-corrected chi connectivity index (χ4v) is 5.15. The van der Waals surface area contributed by atoms with Crippen molar-refractivity contribution in [3.05, 3.63) is 59.7 Å². The molecule has 1 saturated heterocycles. The van der Waals surface area contributed by atoms with Crippen LogP contribution in [0, 0.1) is 5.92 Å². The Balaban J connectivity index is 1.18. The molecule has 0 radical (unpaired) electrons. The lowest BCUT2D eigenvalue weighted by Crippen LogP contribution is -2.46. The van der Waals surface area contributed by atoms with Crippen molar-refractivity contribution in [3.8, 4) is 11.1 Å². The molecule has 2 N–H and O–H groups in total. The smallest absolute Gasteiger partial charge is 0.407 e. The van der Waals surface area contributed by atoms with Gasteiger partial charge >= 0.3 is 12.1 Å². The maximum atomic E-state index is 12.8. The van der Waals surface area contributed by atoms with E-state index in [1.807, 2.05) is 24.3 Å². The quantitative estimate of drug-likeness (QED) is 0.701. The monoisotopic (exact) mass is 448 g/mol. The summed E-state index contributed by atoms with van der Waals surface area (Å²) >= 11 is 0. The third-order valence-electron chi connectivity index (χ3n) is 7.18. The van der Waals surface area contributed by atoms with Gasteiger partial charge in [-0.1, -0.05) is 48.5 Å². The normalized spacial score (nSPS) is 20.5. The average Bonchev–Trinajstić information content (AvgIpc) is 3.50. The summed E-state index contributed by atoms with van der Waals surface area (Å²) in [4.78, 5) is 38.3. The van der Waals surface area contributed by atoms with Crippen molar-refractivity contribution in [3.63, 3.8) is 0 Å². The lowest BCUT2D eigenvalue weighted by atomic mass is 9.97. The molecule has 2 amide bonds. The van der Waals surface area contributed by atoms with Crippen molar-refractivity contribution in [2.24, 2.45) is 5.92 Å². The summed E-state index contributed by atoms with van der Waals surface area (Å²) in [7, 11) is 0. The Hall–Kier alpha value is -3.35. The largest absolute Gasteiger partial charge is 0.481 e. The lowest BCUT2D eigenvalue weighted by molar-refractivity contribution is -0.145. The van der Waals surface area contributed by atoms with Gasteiger partial charge in [0.15, 0.2) is 0 Å². The van der Waals surface area contributed by atoms with Crippen LogP contribution in [0.3, 0.4) is 0 Å². The van der Waals surface area contributed by atoms with Gasteiger partial charge in [-0.05, 0) is 47.9 Å². The highest BCUT2D eigenvalue weighted by atomic mass is 16.5. The number of piperidine rings is 1. The molecule has 1 unspecified atom stereocenters. The summed E-state index contributed by atoms with van der Waals surface area (Å²) in [5.41, 5.74) is 4.08.